The Morgan fingerprint density at radius 2 is 2.05 bits per heavy atom. The molecule has 0 atom stereocenters. The van der Waals surface area contributed by atoms with Gasteiger partial charge in [-0.3, -0.25) is 4.79 Å². The highest BCUT2D eigenvalue weighted by Crippen LogP contribution is 2.21. The van der Waals surface area contributed by atoms with Gasteiger partial charge in [-0.05, 0) is 38.4 Å². The summed E-state index contributed by atoms with van der Waals surface area (Å²) in [5.74, 6) is 0. The molecule has 0 spiro atoms. The van der Waals surface area contributed by atoms with E-state index in [1.54, 1.807) is 0 Å². The summed E-state index contributed by atoms with van der Waals surface area (Å²) >= 11 is 0. The van der Waals surface area contributed by atoms with Crippen LogP contribution in [0, 0.1) is 13.8 Å². The Bertz CT molecular complexity index is 646. The minimum absolute atomic E-state index is 0.123. The van der Waals surface area contributed by atoms with E-state index in [0.717, 1.165) is 35.3 Å². The minimum atomic E-state index is -0.123. The Labute approximate surface area is 119 Å². The SMILES string of the molecule is CCCNCc1cc(-c2ccc(C)cc2C)n[nH]c1=O. The van der Waals surface area contributed by atoms with Gasteiger partial charge in [-0.15, -0.1) is 0 Å². The minimum Gasteiger partial charge on any atom is -0.312 e. The van der Waals surface area contributed by atoms with Crippen molar-refractivity contribution < 1.29 is 0 Å². The number of aryl methyl sites for hydroxylation is 2. The second-order valence-corrected chi connectivity index (χ2v) is 5.10. The molecule has 2 N–H and O–H groups in total. The Morgan fingerprint density at radius 1 is 1.25 bits per heavy atom. The van der Waals surface area contributed by atoms with Crippen molar-refractivity contribution in [2.45, 2.75) is 33.7 Å². The van der Waals surface area contributed by atoms with Crippen LogP contribution in [0.2, 0.25) is 0 Å². The quantitative estimate of drug-likeness (QED) is 0.822. The first-order valence-electron chi connectivity index (χ1n) is 6.98. The summed E-state index contributed by atoms with van der Waals surface area (Å²) in [7, 11) is 0. The third-order valence-electron chi connectivity index (χ3n) is 3.28. The van der Waals surface area contributed by atoms with Crippen LogP contribution in [0.4, 0.5) is 0 Å². The van der Waals surface area contributed by atoms with Crippen molar-refractivity contribution >= 4 is 0 Å². The zero-order chi connectivity index (χ0) is 14.5. The van der Waals surface area contributed by atoms with Gasteiger partial charge in [0.2, 0.25) is 0 Å². The maximum Gasteiger partial charge on any atom is 0.268 e. The topological polar surface area (TPSA) is 57.8 Å². The Kier molecular flexibility index (Phi) is 4.69. The van der Waals surface area contributed by atoms with E-state index in [9.17, 15) is 4.79 Å². The third-order valence-corrected chi connectivity index (χ3v) is 3.28. The van der Waals surface area contributed by atoms with Gasteiger partial charge in [-0.1, -0.05) is 30.7 Å². The van der Waals surface area contributed by atoms with Crippen LogP contribution in [-0.2, 0) is 6.54 Å². The molecule has 0 saturated heterocycles. The lowest BCUT2D eigenvalue weighted by atomic mass is 10.0. The Morgan fingerprint density at radius 3 is 2.75 bits per heavy atom. The molecule has 1 aromatic heterocycles. The number of benzene rings is 1. The fraction of sp³-hybridized carbons (Fsp3) is 0.375. The van der Waals surface area contributed by atoms with Gasteiger partial charge >= 0.3 is 0 Å². The predicted molar refractivity (Wildman–Crippen MR) is 81.8 cm³/mol. The van der Waals surface area contributed by atoms with Gasteiger partial charge in [0, 0.05) is 17.7 Å². The van der Waals surface area contributed by atoms with E-state index in [1.807, 2.05) is 6.07 Å². The van der Waals surface area contributed by atoms with E-state index in [2.05, 4.69) is 54.5 Å². The lowest BCUT2D eigenvalue weighted by Gasteiger charge is -2.08. The zero-order valence-corrected chi connectivity index (χ0v) is 12.3. The summed E-state index contributed by atoms with van der Waals surface area (Å²) < 4.78 is 0. The van der Waals surface area contributed by atoms with Gasteiger partial charge in [0.05, 0.1) is 5.69 Å². The highest BCUT2D eigenvalue weighted by molar-refractivity contribution is 5.63. The molecular formula is C16H21N3O. The maximum absolute atomic E-state index is 11.8. The first-order valence-corrected chi connectivity index (χ1v) is 6.98. The van der Waals surface area contributed by atoms with Crippen LogP contribution in [0.3, 0.4) is 0 Å². The summed E-state index contributed by atoms with van der Waals surface area (Å²) in [6.45, 7) is 7.70. The number of H-pyrrole nitrogens is 1. The van der Waals surface area contributed by atoms with Crippen molar-refractivity contribution in [3.8, 4) is 11.3 Å². The molecule has 0 aliphatic heterocycles. The van der Waals surface area contributed by atoms with E-state index >= 15 is 0 Å². The summed E-state index contributed by atoms with van der Waals surface area (Å²) in [5.41, 5.74) is 4.86. The van der Waals surface area contributed by atoms with E-state index in [1.165, 1.54) is 5.56 Å². The van der Waals surface area contributed by atoms with Crippen molar-refractivity contribution in [1.82, 2.24) is 15.5 Å². The third kappa shape index (κ3) is 3.33. The van der Waals surface area contributed by atoms with Gasteiger partial charge < -0.3 is 5.32 Å². The number of hydrogen-bond donors (Lipinski definition) is 2. The monoisotopic (exact) mass is 271 g/mol. The molecule has 0 aliphatic carbocycles. The van der Waals surface area contributed by atoms with Crippen LogP contribution in [-0.4, -0.2) is 16.7 Å². The fourth-order valence-electron chi connectivity index (χ4n) is 2.22. The fourth-order valence-corrected chi connectivity index (χ4v) is 2.22. The lowest BCUT2D eigenvalue weighted by molar-refractivity contribution is 0.668. The second-order valence-electron chi connectivity index (χ2n) is 5.10. The number of nitrogens with one attached hydrogen (secondary N) is 2. The Balaban J connectivity index is 2.33. The molecule has 0 bridgehead atoms. The van der Waals surface area contributed by atoms with Crippen LogP contribution in [0.1, 0.15) is 30.0 Å². The number of aromatic nitrogens is 2. The maximum atomic E-state index is 11.8. The van der Waals surface area contributed by atoms with Crippen molar-refractivity contribution in [3.05, 3.63) is 51.3 Å². The van der Waals surface area contributed by atoms with E-state index < -0.39 is 0 Å². The van der Waals surface area contributed by atoms with Crippen LogP contribution < -0.4 is 10.9 Å². The van der Waals surface area contributed by atoms with Crippen LogP contribution in [0.15, 0.2) is 29.1 Å². The number of aromatic amines is 1. The predicted octanol–water partition coefficient (Wildman–Crippen LogP) is 2.55. The molecule has 0 unspecified atom stereocenters. The average Bonchev–Trinajstić information content (AvgIpc) is 2.41. The Hall–Kier alpha value is -1.94. The summed E-state index contributed by atoms with van der Waals surface area (Å²) in [5, 5.41) is 10.00. The molecule has 1 aromatic carbocycles. The summed E-state index contributed by atoms with van der Waals surface area (Å²) in [6.07, 6.45) is 1.05. The van der Waals surface area contributed by atoms with Crippen LogP contribution in [0.5, 0.6) is 0 Å². The number of hydrogen-bond acceptors (Lipinski definition) is 3. The molecule has 4 heteroatoms. The molecule has 106 valence electrons. The van der Waals surface area contributed by atoms with Crippen molar-refractivity contribution in [1.29, 1.82) is 0 Å². The van der Waals surface area contributed by atoms with Gasteiger partial charge in [0.15, 0.2) is 0 Å². The molecular weight excluding hydrogens is 250 g/mol. The zero-order valence-electron chi connectivity index (χ0n) is 12.3. The molecule has 0 saturated carbocycles. The highest BCUT2D eigenvalue weighted by atomic mass is 16.1. The van der Waals surface area contributed by atoms with Crippen molar-refractivity contribution in [3.63, 3.8) is 0 Å². The molecule has 1 heterocycles. The van der Waals surface area contributed by atoms with Crippen molar-refractivity contribution in [2.24, 2.45) is 0 Å². The molecule has 0 aliphatic rings. The smallest absolute Gasteiger partial charge is 0.268 e. The largest absolute Gasteiger partial charge is 0.312 e. The molecule has 0 amide bonds. The second kappa shape index (κ2) is 6.48. The van der Waals surface area contributed by atoms with Crippen LogP contribution >= 0.6 is 0 Å². The molecule has 0 radical (unpaired) electrons. The summed E-state index contributed by atoms with van der Waals surface area (Å²) in [4.78, 5) is 11.8. The highest BCUT2D eigenvalue weighted by Gasteiger charge is 2.07. The average molecular weight is 271 g/mol. The molecule has 0 fully saturated rings. The van der Waals surface area contributed by atoms with Gasteiger partial charge in [0.25, 0.3) is 5.56 Å². The summed E-state index contributed by atoms with van der Waals surface area (Å²) in [6, 6.07) is 8.11. The number of nitrogens with zero attached hydrogens (tertiary/aromatic N) is 1. The number of rotatable bonds is 5. The molecule has 2 rings (SSSR count). The first-order chi connectivity index (χ1) is 9.61. The lowest BCUT2D eigenvalue weighted by Crippen LogP contribution is -2.22. The van der Waals surface area contributed by atoms with E-state index in [-0.39, 0.29) is 5.56 Å². The molecule has 4 nitrogen and oxygen atoms in total. The van der Waals surface area contributed by atoms with Gasteiger partial charge in [0.1, 0.15) is 0 Å². The first kappa shape index (κ1) is 14.5. The van der Waals surface area contributed by atoms with Gasteiger partial charge in [-0.2, -0.15) is 5.10 Å². The van der Waals surface area contributed by atoms with Gasteiger partial charge in [-0.25, -0.2) is 5.10 Å². The normalized spacial score (nSPS) is 10.8. The standard InChI is InChI=1S/C16H21N3O/c1-4-7-17-10-13-9-15(18-19-16(13)20)14-6-5-11(2)8-12(14)3/h5-6,8-9,17H,4,7,10H2,1-3H3,(H,19,20). The van der Waals surface area contributed by atoms with Crippen LogP contribution in [0.25, 0.3) is 11.3 Å². The van der Waals surface area contributed by atoms with E-state index in [4.69, 9.17) is 0 Å². The van der Waals surface area contributed by atoms with Crippen molar-refractivity contribution in [2.75, 3.05) is 6.54 Å². The molecule has 2 aromatic rings. The van der Waals surface area contributed by atoms with E-state index in [0.29, 0.717) is 6.54 Å². The molecule has 20 heavy (non-hydrogen) atoms.